The van der Waals surface area contributed by atoms with Gasteiger partial charge in [-0.05, 0) is 42.7 Å². The van der Waals surface area contributed by atoms with Crippen molar-refractivity contribution < 1.29 is 5.11 Å². The summed E-state index contributed by atoms with van der Waals surface area (Å²) in [4.78, 5) is 0. The van der Waals surface area contributed by atoms with Crippen LogP contribution in [0.3, 0.4) is 0 Å². The summed E-state index contributed by atoms with van der Waals surface area (Å²) in [6.45, 7) is 0.933. The average molecular weight is 284 g/mol. The van der Waals surface area contributed by atoms with Gasteiger partial charge in [-0.1, -0.05) is 35.4 Å². The van der Waals surface area contributed by atoms with Crippen LogP contribution in [0.15, 0.2) is 24.3 Å². The van der Waals surface area contributed by atoms with Gasteiger partial charge in [0.25, 0.3) is 0 Å². The van der Waals surface area contributed by atoms with E-state index in [0.29, 0.717) is 5.92 Å². The molecule has 4 heteroatoms. The summed E-state index contributed by atoms with van der Waals surface area (Å²) in [6, 6.07) is 3.43. The number of benzene rings is 1. The molecule has 0 saturated heterocycles. The van der Waals surface area contributed by atoms with E-state index in [2.05, 4.69) is 17.5 Å². The first-order valence-corrected chi connectivity index (χ1v) is 6.99. The third-order valence-corrected chi connectivity index (χ3v) is 4.58. The van der Waals surface area contributed by atoms with Gasteiger partial charge < -0.3 is 10.4 Å². The number of phenols is 1. The van der Waals surface area contributed by atoms with Crippen LogP contribution in [0.25, 0.3) is 0 Å². The fraction of sp³-hybridized carbons (Fsp3) is 0.429. The van der Waals surface area contributed by atoms with Crippen molar-refractivity contribution in [3.8, 4) is 5.75 Å². The zero-order valence-corrected chi connectivity index (χ0v) is 11.4. The van der Waals surface area contributed by atoms with E-state index in [4.69, 9.17) is 23.2 Å². The van der Waals surface area contributed by atoms with Crippen molar-refractivity contribution in [1.82, 2.24) is 0 Å². The molecule has 2 N–H and O–H groups in total. The van der Waals surface area contributed by atoms with Crippen LogP contribution in [-0.2, 0) is 0 Å². The molecule has 0 radical (unpaired) electrons. The molecule has 1 fully saturated rings. The number of hydrogen-bond donors (Lipinski definition) is 2. The SMILES string of the molecule is Oc1c(Cl)cc(NCC2CC3C=CC2C3)cc1Cl. The molecule has 2 nitrogen and oxygen atoms in total. The van der Waals surface area contributed by atoms with Gasteiger partial charge in [-0.3, -0.25) is 0 Å². The summed E-state index contributed by atoms with van der Waals surface area (Å²) in [6.07, 6.45) is 7.27. The van der Waals surface area contributed by atoms with Crippen LogP contribution in [0.4, 0.5) is 5.69 Å². The average Bonchev–Trinajstić information content (AvgIpc) is 2.95. The molecule has 96 valence electrons. The highest BCUT2D eigenvalue weighted by Gasteiger charge is 2.35. The topological polar surface area (TPSA) is 32.3 Å². The molecule has 0 amide bonds. The maximum absolute atomic E-state index is 9.50. The zero-order valence-electron chi connectivity index (χ0n) is 9.87. The lowest BCUT2D eigenvalue weighted by Gasteiger charge is -2.19. The largest absolute Gasteiger partial charge is 0.505 e. The molecule has 1 aromatic rings. The van der Waals surface area contributed by atoms with Crippen molar-refractivity contribution >= 4 is 28.9 Å². The maximum atomic E-state index is 9.50. The lowest BCUT2D eigenvalue weighted by atomic mass is 9.93. The van der Waals surface area contributed by atoms with Gasteiger partial charge in [0.15, 0.2) is 5.75 Å². The number of halogens is 2. The number of anilines is 1. The number of fused-ring (bicyclic) bond motifs is 2. The van der Waals surface area contributed by atoms with Crippen molar-refractivity contribution in [2.45, 2.75) is 12.8 Å². The highest BCUT2D eigenvalue weighted by Crippen LogP contribution is 2.43. The van der Waals surface area contributed by atoms with Gasteiger partial charge in [0.1, 0.15) is 0 Å². The number of allylic oxidation sites excluding steroid dienone is 2. The molecule has 1 aromatic carbocycles. The van der Waals surface area contributed by atoms with E-state index in [1.54, 1.807) is 12.1 Å². The first-order valence-electron chi connectivity index (χ1n) is 6.23. The Labute approximate surface area is 117 Å². The summed E-state index contributed by atoms with van der Waals surface area (Å²) in [5.41, 5.74) is 0.870. The van der Waals surface area contributed by atoms with Crippen LogP contribution in [0, 0.1) is 17.8 Å². The highest BCUT2D eigenvalue weighted by atomic mass is 35.5. The smallest absolute Gasteiger partial charge is 0.152 e. The van der Waals surface area contributed by atoms with Gasteiger partial charge in [-0.2, -0.15) is 0 Å². The normalized spacial score (nSPS) is 28.9. The minimum Gasteiger partial charge on any atom is -0.505 e. The minimum atomic E-state index is -0.0493. The Hall–Kier alpha value is -0.860. The summed E-state index contributed by atoms with van der Waals surface area (Å²) in [7, 11) is 0. The summed E-state index contributed by atoms with van der Waals surface area (Å²) in [5, 5.41) is 13.4. The van der Waals surface area contributed by atoms with Gasteiger partial charge in [0.2, 0.25) is 0 Å². The fourth-order valence-corrected chi connectivity index (χ4v) is 3.53. The van der Waals surface area contributed by atoms with Gasteiger partial charge >= 0.3 is 0 Å². The molecule has 0 heterocycles. The number of rotatable bonds is 3. The van der Waals surface area contributed by atoms with Crippen LogP contribution in [-0.4, -0.2) is 11.7 Å². The maximum Gasteiger partial charge on any atom is 0.152 e. The van der Waals surface area contributed by atoms with Gasteiger partial charge in [-0.15, -0.1) is 0 Å². The van der Waals surface area contributed by atoms with E-state index < -0.39 is 0 Å². The van der Waals surface area contributed by atoms with Crippen LogP contribution in [0.5, 0.6) is 5.75 Å². The third kappa shape index (κ3) is 2.19. The Balaban J connectivity index is 1.65. The van der Waals surface area contributed by atoms with E-state index in [-0.39, 0.29) is 15.8 Å². The lowest BCUT2D eigenvalue weighted by Crippen LogP contribution is -2.18. The number of hydrogen-bond acceptors (Lipinski definition) is 2. The first kappa shape index (κ1) is 12.2. The Morgan fingerprint density at radius 2 is 1.89 bits per heavy atom. The van der Waals surface area contributed by atoms with Crippen LogP contribution in [0.2, 0.25) is 10.0 Å². The first-order chi connectivity index (χ1) is 8.63. The molecule has 1 saturated carbocycles. The second kappa shape index (κ2) is 4.67. The second-order valence-electron chi connectivity index (χ2n) is 5.21. The van der Waals surface area contributed by atoms with Crippen LogP contribution in [0.1, 0.15) is 12.8 Å². The molecule has 3 unspecified atom stereocenters. The second-order valence-corrected chi connectivity index (χ2v) is 6.02. The summed E-state index contributed by atoms with van der Waals surface area (Å²) in [5.74, 6) is 2.16. The van der Waals surface area contributed by atoms with E-state index in [0.717, 1.165) is 24.1 Å². The number of aromatic hydroxyl groups is 1. The van der Waals surface area contributed by atoms with Crippen LogP contribution >= 0.6 is 23.2 Å². The molecule has 3 atom stereocenters. The van der Waals surface area contributed by atoms with E-state index in [9.17, 15) is 5.11 Å². The Bertz CT molecular complexity index is 478. The Kier molecular flexibility index (Phi) is 3.16. The highest BCUT2D eigenvalue weighted by molar-refractivity contribution is 6.37. The van der Waals surface area contributed by atoms with Gasteiger partial charge in [-0.25, -0.2) is 0 Å². The van der Waals surface area contributed by atoms with E-state index >= 15 is 0 Å². The van der Waals surface area contributed by atoms with Crippen molar-refractivity contribution in [3.63, 3.8) is 0 Å². The molecule has 0 spiro atoms. The predicted molar refractivity (Wildman–Crippen MR) is 75.5 cm³/mol. The van der Waals surface area contributed by atoms with Crippen molar-refractivity contribution in [2.24, 2.45) is 17.8 Å². The molecular formula is C14H15Cl2NO. The van der Waals surface area contributed by atoms with Crippen molar-refractivity contribution in [2.75, 3.05) is 11.9 Å². The number of nitrogens with one attached hydrogen (secondary N) is 1. The lowest BCUT2D eigenvalue weighted by molar-refractivity contribution is 0.471. The minimum absolute atomic E-state index is 0.0493. The number of phenolic OH excluding ortho intramolecular Hbond substituents is 1. The third-order valence-electron chi connectivity index (χ3n) is 4.00. The zero-order chi connectivity index (χ0) is 12.7. The Morgan fingerprint density at radius 3 is 2.44 bits per heavy atom. The molecule has 2 aliphatic carbocycles. The van der Waals surface area contributed by atoms with Crippen molar-refractivity contribution in [1.29, 1.82) is 0 Å². The molecule has 0 aromatic heterocycles. The Morgan fingerprint density at radius 1 is 1.17 bits per heavy atom. The van der Waals surface area contributed by atoms with E-state index in [1.807, 2.05) is 0 Å². The standard InChI is InChI=1S/C14H15Cl2NO/c15-12-5-11(6-13(16)14(12)18)17-7-10-4-8-1-2-9(10)3-8/h1-2,5-6,8-10,17-18H,3-4,7H2. The summed E-state index contributed by atoms with van der Waals surface area (Å²) >= 11 is 11.8. The van der Waals surface area contributed by atoms with Crippen molar-refractivity contribution in [3.05, 3.63) is 34.3 Å². The molecule has 18 heavy (non-hydrogen) atoms. The fourth-order valence-electron chi connectivity index (χ4n) is 3.05. The summed E-state index contributed by atoms with van der Waals surface area (Å²) < 4.78 is 0. The molecule has 2 aliphatic rings. The molecule has 0 aliphatic heterocycles. The van der Waals surface area contributed by atoms with Crippen LogP contribution < -0.4 is 5.32 Å². The molecular weight excluding hydrogens is 269 g/mol. The monoisotopic (exact) mass is 283 g/mol. The van der Waals surface area contributed by atoms with Gasteiger partial charge in [0.05, 0.1) is 10.0 Å². The molecule has 3 rings (SSSR count). The molecule has 2 bridgehead atoms. The van der Waals surface area contributed by atoms with E-state index in [1.165, 1.54) is 12.8 Å². The predicted octanol–water partition coefficient (Wildman–Crippen LogP) is 4.32. The van der Waals surface area contributed by atoms with Gasteiger partial charge in [0, 0.05) is 12.2 Å². The quantitative estimate of drug-likeness (QED) is 0.640.